The number of carbonyl (C=O) groups excluding carboxylic acids is 1. The summed E-state index contributed by atoms with van der Waals surface area (Å²) < 4.78 is 5.71. The smallest absolute Gasteiger partial charge is 0.231 e. The number of rotatable bonds is 3. The van der Waals surface area contributed by atoms with Gasteiger partial charge in [0.05, 0.1) is 5.56 Å². The minimum absolute atomic E-state index is 0.0522. The third-order valence-electron chi connectivity index (χ3n) is 3.41. The van der Waals surface area contributed by atoms with Crippen LogP contribution in [0.3, 0.4) is 0 Å². The Kier molecular flexibility index (Phi) is 3.55. The van der Waals surface area contributed by atoms with Crippen molar-refractivity contribution in [2.75, 3.05) is 5.32 Å². The molecule has 3 aromatic rings. The number of hydrogen-bond acceptors (Lipinski definition) is 4. The summed E-state index contributed by atoms with van der Waals surface area (Å²) in [5, 5.41) is 12.7. The van der Waals surface area contributed by atoms with Crippen molar-refractivity contribution in [2.45, 2.75) is 20.3 Å². The van der Waals surface area contributed by atoms with Gasteiger partial charge in [0.25, 0.3) is 0 Å². The topological polar surface area (TPSA) is 75.4 Å². The summed E-state index contributed by atoms with van der Waals surface area (Å²) in [6, 6.07) is 10.6. The van der Waals surface area contributed by atoms with Crippen LogP contribution < -0.4 is 5.32 Å². The van der Waals surface area contributed by atoms with Crippen LogP contribution in [0.25, 0.3) is 22.6 Å². The normalized spacial score (nSPS) is 10.8. The fourth-order valence-electron chi connectivity index (χ4n) is 2.30. The molecule has 1 amide bonds. The number of oxazole rings is 1. The molecular weight excluding hydrogens is 280 g/mol. The number of phenols is 1. The summed E-state index contributed by atoms with van der Waals surface area (Å²) >= 11 is 0. The molecule has 0 aliphatic rings. The zero-order valence-corrected chi connectivity index (χ0v) is 12.4. The molecule has 2 aromatic carbocycles. The Labute approximate surface area is 127 Å². The summed E-state index contributed by atoms with van der Waals surface area (Å²) in [5.74, 6) is 0.200. The lowest BCUT2D eigenvalue weighted by Gasteiger charge is -2.05. The maximum atomic E-state index is 11.1. The number of amides is 1. The SMILES string of the molecule is CCc1ccc2oc(-c3cc(NC(C)=O)ccc3O)nc2c1. The second-order valence-electron chi connectivity index (χ2n) is 5.09. The van der Waals surface area contributed by atoms with Gasteiger partial charge in [-0.2, -0.15) is 0 Å². The predicted octanol–water partition coefficient (Wildman–Crippen LogP) is 3.72. The number of nitrogens with zero attached hydrogens (tertiary/aromatic N) is 1. The molecule has 1 aromatic heterocycles. The lowest BCUT2D eigenvalue weighted by molar-refractivity contribution is -0.114. The van der Waals surface area contributed by atoms with Crippen LogP contribution in [-0.4, -0.2) is 16.0 Å². The second-order valence-corrected chi connectivity index (χ2v) is 5.09. The minimum Gasteiger partial charge on any atom is -0.507 e. The van der Waals surface area contributed by atoms with E-state index in [1.165, 1.54) is 18.6 Å². The number of phenolic OH excluding ortho intramolecular Hbond substituents is 1. The molecule has 0 saturated heterocycles. The Morgan fingerprint density at radius 2 is 2.09 bits per heavy atom. The highest BCUT2D eigenvalue weighted by Crippen LogP contribution is 2.33. The van der Waals surface area contributed by atoms with E-state index >= 15 is 0 Å². The molecule has 112 valence electrons. The van der Waals surface area contributed by atoms with Crippen molar-refractivity contribution < 1.29 is 14.3 Å². The summed E-state index contributed by atoms with van der Waals surface area (Å²) in [4.78, 5) is 15.6. The monoisotopic (exact) mass is 296 g/mol. The van der Waals surface area contributed by atoms with Gasteiger partial charge in [0.1, 0.15) is 11.3 Å². The number of hydrogen-bond donors (Lipinski definition) is 2. The van der Waals surface area contributed by atoms with Gasteiger partial charge in [-0.05, 0) is 42.3 Å². The van der Waals surface area contributed by atoms with Gasteiger partial charge in [0, 0.05) is 12.6 Å². The molecule has 0 bridgehead atoms. The van der Waals surface area contributed by atoms with Gasteiger partial charge in [-0.1, -0.05) is 13.0 Å². The molecule has 2 N–H and O–H groups in total. The molecule has 0 aliphatic carbocycles. The van der Waals surface area contributed by atoms with E-state index < -0.39 is 0 Å². The molecule has 0 aliphatic heterocycles. The number of benzene rings is 2. The van der Waals surface area contributed by atoms with Crippen LogP contribution in [0.4, 0.5) is 5.69 Å². The van der Waals surface area contributed by atoms with Crippen LogP contribution in [-0.2, 0) is 11.2 Å². The Hall–Kier alpha value is -2.82. The standard InChI is InChI=1S/C17H16N2O3/c1-3-11-4-7-16-14(8-11)19-17(22-16)13-9-12(18-10(2)20)5-6-15(13)21/h4-9,21H,3H2,1-2H3,(H,18,20). The van der Waals surface area contributed by atoms with Crippen LogP contribution in [0.1, 0.15) is 19.4 Å². The van der Waals surface area contributed by atoms with Crippen LogP contribution in [0.2, 0.25) is 0 Å². The van der Waals surface area contributed by atoms with Gasteiger partial charge in [-0.15, -0.1) is 0 Å². The maximum absolute atomic E-state index is 11.1. The van der Waals surface area contributed by atoms with E-state index in [9.17, 15) is 9.90 Å². The first-order valence-corrected chi connectivity index (χ1v) is 7.07. The first-order valence-electron chi connectivity index (χ1n) is 7.07. The van der Waals surface area contributed by atoms with Crippen LogP contribution in [0, 0.1) is 0 Å². The molecule has 1 heterocycles. The summed E-state index contributed by atoms with van der Waals surface area (Å²) in [6.45, 7) is 3.50. The van der Waals surface area contributed by atoms with Crippen molar-refractivity contribution >= 4 is 22.7 Å². The Bertz CT molecular complexity index is 852. The summed E-state index contributed by atoms with van der Waals surface area (Å²) in [7, 11) is 0. The number of aryl methyl sites for hydroxylation is 1. The predicted molar refractivity (Wildman–Crippen MR) is 84.8 cm³/mol. The molecular formula is C17H16N2O3. The second kappa shape index (κ2) is 5.52. The fraction of sp³-hybridized carbons (Fsp3) is 0.176. The molecule has 0 fully saturated rings. The van der Waals surface area contributed by atoms with Crippen LogP contribution >= 0.6 is 0 Å². The number of carbonyl (C=O) groups is 1. The molecule has 3 rings (SSSR count). The van der Waals surface area contributed by atoms with Gasteiger partial charge in [0.15, 0.2) is 5.58 Å². The Morgan fingerprint density at radius 1 is 1.27 bits per heavy atom. The largest absolute Gasteiger partial charge is 0.507 e. The highest BCUT2D eigenvalue weighted by atomic mass is 16.3. The minimum atomic E-state index is -0.179. The van der Waals surface area contributed by atoms with Gasteiger partial charge in [-0.3, -0.25) is 4.79 Å². The number of nitrogens with one attached hydrogen (secondary N) is 1. The van der Waals surface area contributed by atoms with E-state index in [2.05, 4.69) is 17.2 Å². The Balaban J connectivity index is 2.08. The third-order valence-corrected chi connectivity index (χ3v) is 3.41. The first-order chi connectivity index (χ1) is 10.6. The van der Waals surface area contributed by atoms with E-state index in [4.69, 9.17) is 4.42 Å². The molecule has 0 atom stereocenters. The summed E-state index contributed by atoms with van der Waals surface area (Å²) in [6.07, 6.45) is 0.918. The molecule has 0 unspecified atom stereocenters. The van der Waals surface area contributed by atoms with Crippen molar-refractivity contribution in [1.82, 2.24) is 4.98 Å². The van der Waals surface area contributed by atoms with E-state index in [0.29, 0.717) is 22.7 Å². The molecule has 5 heteroatoms. The van der Waals surface area contributed by atoms with Crippen molar-refractivity contribution in [3.63, 3.8) is 0 Å². The van der Waals surface area contributed by atoms with Gasteiger partial charge < -0.3 is 14.8 Å². The first kappa shape index (κ1) is 14.1. The third kappa shape index (κ3) is 2.65. The number of fused-ring (bicyclic) bond motifs is 1. The average molecular weight is 296 g/mol. The molecule has 0 saturated carbocycles. The van der Waals surface area contributed by atoms with Crippen molar-refractivity contribution in [2.24, 2.45) is 0 Å². The van der Waals surface area contributed by atoms with Crippen molar-refractivity contribution in [1.29, 1.82) is 0 Å². The van der Waals surface area contributed by atoms with Gasteiger partial charge in [0.2, 0.25) is 11.8 Å². The van der Waals surface area contributed by atoms with Crippen LogP contribution in [0.15, 0.2) is 40.8 Å². The fourth-order valence-corrected chi connectivity index (χ4v) is 2.30. The Morgan fingerprint density at radius 3 is 2.82 bits per heavy atom. The number of aromatic nitrogens is 1. The average Bonchev–Trinajstić information content (AvgIpc) is 2.91. The van der Waals surface area contributed by atoms with E-state index in [-0.39, 0.29) is 11.7 Å². The van der Waals surface area contributed by atoms with Crippen LogP contribution in [0.5, 0.6) is 5.75 Å². The van der Waals surface area contributed by atoms with E-state index in [1.807, 2.05) is 18.2 Å². The van der Waals surface area contributed by atoms with Gasteiger partial charge >= 0.3 is 0 Å². The molecule has 0 radical (unpaired) electrons. The van der Waals surface area contributed by atoms with E-state index in [1.54, 1.807) is 12.1 Å². The zero-order chi connectivity index (χ0) is 15.7. The van der Waals surface area contributed by atoms with Crippen molar-refractivity contribution in [3.8, 4) is 17.2 Å². The quantitative estimate of drug-likeness (QED) is 0.722. The molecule has 5 nitrogen and oxygen atoms in total. The number of aromatic hydroxyl groups is 1. The molecule has 22 heavy (non-hydrogen) atoms. The van der Waals surface area contributed by atoms with E-state index in [0.717, 1.165) is 11.9 Å². The van der Waals surface area contributed by atoms with Gasteiger partial charge in [-0.25, -0.2) is 4.98 Å². The lowest BCUT2D eigenvalue weighted by Crippen LogP contribution is -2.05. The molecule has 0 spiro atoms. The lowest BCUT2D eigenvalue weighted by atomic mass is 10.1. The zero-order valence-electron chi connectivity index (χ0n) is 12.4. The summed E-state index contributed by atoms with van der Waals surface area (Å²) in [5.41, 5.74) is 3.61. The number of anilines is 1. The maximum Gasteiger partial charge on any atom is 0.231 e. The highest BCUT2D eigenvalue weighted by molar-refractivity contribution is 5.90. The van der Waals surface area contributed by atoms with Crippen molar-refractivity contribution in [3.05, 3.63) is 42.0 Å². The highest BCUT2D eigenvalue weighted by Gasteiger charge is 2.13.